The number of halogens is 2. The molecular formula is C10H13BrFN. The lowest BCUT2D eigenvalue weighted by Gasteiger charge is -2.23. The summed E-state index contributed by atoms with van der Waals surface area (Å²) in [5.74, 6) is -0.218. The zero-order valence-electron chi connectivity index (χ0n) is 8.01. The van der Waals surface area contributed by atoms with Gasteiger partial charge in [-0.3, -0.25) is 0 Å². The molecule has 0 aliphatic rings. The van der Waals surface area contributed by atoms with Crippen LogP contribution in [0.15, 0.2) is 22.7 Å². The summed E-state index contributed by atoms with van der Waals surface area (Å²) < 4.78 is 13.6. The first-order valence-electron chi connectivity index (χ1n) is 4.20. The highest BCUT2D eigenvalue weighted by molar-refractivity contribution is 9.10. The van der Waals surface area contributed by atoms with Crippen LogP contribution in [0.3, 0.4) is 0 Å². The average molecular weight is 246 g/mol. The van der Waals surface area contributed by atoms with E-state index in [-0.39, 0.29) is 5.82 Å². The first-order chi connectivity index (χ1) is 6.02. The van der Waals surface area contributed by atoms with E-state index in [0.717, 1.165) is 5.69 Å². The average Bonchev–Trinajstić information content (AvgIpc) is 2.08. The molecule has 0 spiro atoms. The quantitative estimate of drug-likeness (QED) is 0.772. The Labute approximate surface area is 86.7 Å². The Balaban J connectivity index is 2.97. The highest BCUT2D eigenvalue weighted by Crippen LogP contribution is 2.22. The zero-order chi connectivity index (χ0) is 10.0. The molecular weight excluding hydrogens is 233 g/mol. The summed E-state index contributed by atoms with van der Waals surface area (Å²) in [4.78, 5) is 2.02. The van der Waals surface area contributed by atoms with Crippen LogP contribution in [0.4, 0.5) is 10.1 Å². The van der Waals surface area contributed by atoms with Crippen molar-refractivity contribution in [2.45, 2.75) is 19.9 Å². The molecule has 0 radical (unpaired) electrons. The summed E-state index contributed by atoms with van der Waals surface area (Å²) in [6.45, 7) is 4.14. The molecule has 0 saturated carbocycles. The van der Waals surface area contributed by atoms with Crippen molar-refractivity contribution in [3.63, 3.8) is 0 Å². The molecule has 0 unspecified atom stereocenters. The molecule has 1 rings (SSSR count). The Morgan fingerprint density at radius 1 is 1.38 bits per heavy atom. The minimum absolute atomic E-state index is 0.218. The first-order valence-corrected chi connectivity index (χ1v) is 4.99. The van der Waals surface area contributed by atoms with Gasteiger partial charge in [0.25, 0.3) is 0 Å². The maximum atomic E-state index is 13.1. The molecule has 1 nitrogen and oxygen atoms in total. The van der Waals surface area contributed by atoms with E-state index in [9.17, 15) is 4.39 Å². The third-order valence-corrected chi connectivity index (χ3v) is 2.73. The molecule has 1 aromatic rings. The molecule has 0 N–H and O–H groups in total. The SMILES string of the molecule is CC(C)N(C)c1ccc(Br)c(F)c1. The van der Waals surface area contributed by atoms with Gasteiger partial charge in [-0.15, -0.1) is 0 Å². The van der Waals surface area contributed by atoms with Crippen molar-refractivity contribution >= 4 is 21.6 Å². The number of hydrogen-bond acceptors (Lipinski definition) is 1. The summed E-state index contributed by atoms with van der Waals surface area (Å²) >= 11 is 3.12. The second kappa shape index (κ2) is 4.09. The van der Waals surface area contributed by atoms with Crippen LogP contribution >= 0.6 is 15.9 Å². The molecule has 0 saturated heterocycles. The van der Waals surface area contributed by atoms with Crippen LogP contribution in [-0.4, -0.2) is 13.1 Å². The Morgan fingerprint density at radius 3 is 2.46 bits per heavy atom. The second-order valence-corrected chi connectivity index (χ2v) is 4.16. The van der Waals surface area contributed by atoms with Crippen LogP contribution < -0.4 is 4.90 Å². The summed E-state index contributed by atoms with van der Waals surface area (Å²) in [6, 6.07) is 5.53. The van der Waals surface area contributed by atoms with Crippen molar-refractivity contribution in [3.8, 4) is 0 Å². The van der Waals surface area contributed by atoms with E-state index in [1.807, 2.05) is 18.0 Å². The van der Waals surface area contributed by atoms with Crippen LogP contribution in [0, 0.1) is 5.82 Å². The predicted molar refractivity (Wildman–Crippen MR) is 57.6 cm³/mol. The maximum Gasteiger partial charge on any atom is 0.139 e. The molecule has 3 heteroatoms. The van der Waals surface area contributed by atoms with Crippen molar-refractivity contribution < 1.29 is 4.39 Å². The van der Waals surface area contributed by atoms with E-state index in [0.29, 0.717) is 10.5 Å². The zero-order valence-corrected chi connectivity index (χ0v) is 9.60. The van der Waals surface area contributed by atoms with Crippen molar-refractivity contribution in [2.24, 2.45) is 0 Å². The lowest BCUT2D eigenvalue weighted by atomic mass is 10.2. The molecule has 0 bridgehead atoms. The molecule has 72 valence electrons. The molecule has 0 atom stereocenters. The number of hydrogen-bond donors (Lipinski definition) is 0. The van der Waals surface area contributed by atoms with Crippen molar-refractivity contribution in [3.05, 3.63) is 28.5 Å². The Kier molecular flexibility index (Phi) is 3.31. The first kappa shape index (κ1) is 10.5. The third-order valence-electron chi connectivity index (χ3n) is 2.09. The standard InChI is InChI=1S/C10H13BrFN/c1-7(2)13(3)8-4-5-9(11)10(12)6-8/h4-7H,1-3H3. The monoisotopic (exact) mass is 245 g/mol. The van der Waals surface area contributed by atoms with E-state index in [4.69, 9.17) is 0 Å². The van der Waals surface area contributed by atoms with Gasteiger partial charge in [-0.25, -0.2) is 4.39 Å². The van der Waals surface area contributed by atoms with Gasteiger partial charge in [0.15, 0.2) is 0 Å². The van der Waals surface area contributed by atoms with Gasteiger partial charge in [0, 0.05) is 18.8 Å². The van der Waals surface area contributed by atoms with Crippen molar-refractivity contribution in [1.29, 1.82) is 0 Å². The smallest absolute Gasteiger partial charge is 0.139 e. The van der Waals surface area contributed by atoms with E-state index >= 15 is 0 Å². The lowest BCUT2D eigenvalue weighted by molar-refractivity contribution is 0.619. The Morgan fingerprint density at radius 2 is 2.00 bits per heavy atom. The van der Waals surface area contributed by atoms with Crippen molar-refractivity contribution in [1.82, 2.24) is 0 Å². The van der Waals surface area contributed by atoms with Crippen LogP contribution in [-0.2, 0) is 0 Å². The fourth-order valence-electron chi connectivity index (χ4n) is 1.00. The van der Waals surface area contributed by atoms with E-state index in [2.05, 4.69) is 29.8 Å². The number of anilines is 1. The second-order valence-electron chi connectivity index (χ2n) is 3.30. The molecule has 0 aliphatic carbocycles. The molecule has 0 aromatic heterocycles. The molecule has 1 aromatic carbocycles. The molecule has 0 aliphatic heterocycles. The van der Waals surface area contributed by atoms with Crippen LogP contribution in [0.25, 0.3) is 0 Å². The summed E-state index contributed by atoms with van der Waals surface area (Å²) in [7, 11) is 1.95. The number of nitrogens with zero attached hydrogens (tertiary/aromatic N) is 1. The fraction of sp³-hybridized carbons (Fsp3) is 0.400. The van der Waals surface area contributed by atoms with Gasteiger partial charge < -0.3 is 4.90 Å². The van der Waals surface area contributed by atoms with Gasteiger partial charge in [0.2, 0.25) is 0 Å². The summed E-state index contributed by atoms with van der Waals surface area (Å²) in [6.07, 6.45) is 0. The number of benzene rings is 1. The van der Waals surface area contributed by atoms with E-state index in [1.165, 1.54) is 6.07 Å². The fourth-order valence-corrected chi connectivity index (χ4v) is 1.25. The normalized spacial score (nSPS) is 10.6. The van der Waals surface area contributed by atoms with Crippen LogP contribution in [0.2, 0.25) is 0 Å². The highest BCUT2D eigenvalue weighted by Gasteiger charge is 2.07. The maximum absolute atomic E-state index is 13.1. The Hall–Kier alpha value is -0.570. The van der Waals surface area contributed by atoms with Gasteiger partial charge >= 0.3 is 0 Å². The minimum atomic E-state index is -0.218. The van der Waals surface area contributed by atoms with Gasteiger partial charge in [0.05, 0.1) is 4.47 Å². The van der Waals surface area contributed by atoms with Crippen LogP contribution in [0.1, 0.15) is 13.8 Å². The predicted octanol–water partition coefficient (Wildman–Crippen LogP) is 3.43. The molecule has 0 heterocycles. The third kappa shape index (κ3) is 2.44. The van der Waals surface area contributed by atoms with Gasteiger partial charge in [0.1, 0.15) is 5.82 Å². The topological polar surface area (TPSA) is 3.24 Å². The summed E-state index contributed by atoms with van der Waals surface area (Å²) in [5, 5.41) is 0. The van der Waals surface area contributed by atoms with Gasteiger partial charge in [-0.1, -0.05) is 0 Å². The highest BCUT2D eigenvalue weighted by atomic mass is 79.9. The minimum Gasteiger partial charge on any atom is -0.372 e. The van der Waals surface area contributed by atoms with E-state index in [1.54, 1.807) is 6.07 Å². The van der Waals surface area contributed by atoms with Crippen LogP contribution in [0.5, 0.6) is 0 Å². The molecule has 0 amide bonds. The lowest BCUT2D eigenvalue weighted by Crippen LogP contribution is -2.25. The molecule has 0 fully saturated rings. The number of rotatable bonds is 2. The molecule has 13 heavy (non-hydrogen) atoms. The van der Waals surface area contributed by atoms with Crippen molar-refractivity contribution in [2.75, 3.05) is 11.9 Å². The largest absolute Gasteiger partial charge is 0.372 e. The summed E-state index contributed by atoms with van der Waals surface area (Å²) in [5.41, 5.74) is 0.899. The Bertz CT molecular complexity index is 299. The van der Waals surface area contributed by atoms with Gasteiger partial charge in [-0.05, 0) is 48.0 Å². The van der Waals surface area contributed by atoms with Gasteiger partial charge in [-0.2, -0.15) is 0 Å². The van der Waals surface area contributed by atoms with E-state index < -0.39 is 0 Å².